The van der Waals surface area contributed by atoms with Crippen LogP contribution in [0.4, 0.5) is 0 Å². The lowest BCUT2D eigenvalue weighted by Gasteiger charge is -2.30. The van der Waals surface area contributed by atoms with Crippen LogP contribution in [0, 0.1) is 11.8 Å². The van der Waals surface area contributed by atoms with Gasteiger partial charge in [-0.3, -0.25) is 0 Å². The van der Waals surface area contributed by atoms with Crippen LogP contribution >= 0.6 is 0 Å². The van der Waals surface area contributed by atoms with E-state index in [2.05, 4.69) is 72.2 Å². The molecule has 2 nitrogen and oxygen atoms in total. The standard InChI is InChI=1S/C28H40N2/c1-23-11-17-29(18-12-23)21-15-25-3-7-27(8-4-25)28-9-5-26(6-10-28)16-22-30-19-13-24(2)14-20-30/h3-10,23-24H,11-22H2,1-2H3. The Morgan fingerprint density at radius 3 is 1.23 bits per heavy atom. The Morgan fingerprint density at radius 1 is 0.567 bits per heavy atom. The van der Waals surface area contributed by atoms with Gasteiger partial charge in [0.15, 0.2) is 0 Å². The molecule has 0 radical (unpaired) electrons. The molecule has 0 spiro atoms. The van der Waals surface area contributed by atoms with E-state index in [1.807, 2.05) is 0 Å². The number of hydrogen-bond donors (Lipinski definition) is 0. The smallest absolute Gasteiger partial charge is 0.00218 e. The first-order valence-corrected chi connectivity index (χ1v) is 12.3. The molecular formula is C28H40N2. The van der Waals surface area contributed by atoms with Crippen molar-refractivity contribution in [2.24, 2.45) is 11.8 Å². The number of piperidine rings is 2. The van der Waals surface area contributed by atoms with E-state index in [4.69, 9.17) is 0 Å². The van der Waals surface area contributed by atoms with Crippen LogP contribution in [0.5, 0.6) is 0 Å². The lowest BCUT2D eigenvalue weighted by Crippen LogP contribution is -2.34. The summed E-state index contributed by atoms with van der Waals surface area (Å²) in [6.07, 6.45) is 7.81. The number of rotatable bonds is 7. The number of likely N-dealkylation sites (tertiary alicyclic amines) is 2. The van der Waals surface area contributed by atoms with E-state index in [-0.39, 0.29) is 0 Å². The van der Waals surface area contributed by atoms with Gasteiger partial charge in [0.1, 0.15) is 0 Å². The average Bonchev–Trinajstić information content (AvgIpc) is 2.79. The summed E-state index contributed by atoms with van der Waals surface area (Å²) in [5.74, 6) is 1.83. The van der Waals surface area contributed by atoms with Gasteiger partial charge in [-0.25, -0.2) is 0 Å². The second kappa shape index (κ2) is 10.6. The third-order valence-electron chi connectivity index (χ3n) is 7.43. The zero-order valence-electron chi connectivity index (χ0n) is 19.2. The maximum absolute atomic E-state index is 2.64. The zero-order chi connectivity index (χ0) is 20.8. The van der Waals surface area contributed by atoms with E-state index in [1.165, 1.54) is 100 Å². The quantitative estimate of drug-likeness (QED) is 0.567. The molecule has 0 aromatic heterocycles. The van der Waals surface area contributed by atoms with Gasteiger partial charge in [0, 0.05) is 13.1 Å². The summed E-state index contributed by atoms with van der Waals surface area (Å²) in [4.78, 5) is 5.27. The van der Waals surface area contributed by atoms with Crippen molar-refractivity contribution in [3.63, 3.8) is 0 Å². The molecule has 30 heavy (non-hydrogen) atoms. The first-order chi connectivity index (χ1) is 14.7. The molecule has 2 heterocycles. The van der Waals surface area contributed by atoms with E-state index in [1.54, 1.807) is 0 Å². The molecule has 4 rings (SSSR count). The fourth-order valence-electron chi connectivity index (χ4n) is 4.87. The van der Waals surface area contributed by atoms with Crippen molar-refractivity contribution in [2.45, 2.75) is 52.4 Å². The van der Waals surface area contributed by atoms with Gasteiger partial charge in [-0.1, -0.05) is 62.4 Å². The molecule has 2 aliphatic rings. The van der Waals surface area contributed by atoms with Crippen molar-refractivity contribution >= 4 is 0 Å². The Balaban J connectivity index is 1.24. The zero-order valence-corrected chi connectivity index (χ0v) is 19.2. The topological polar surface area (TPSA) is 6.48 Å². The van der Waals surface area contributed by atoms with Crippen molar-refractivity contribution in [1.82, 2.24) is 9.80 Å². The molecule has 2 aliphatic heterocycles. The number of hydrogen-bond acceptors (Lipinski definition) is 2. The maximum atomic E-state index is 2.64. The van der Waals surface area contributed by atoms with Crippen molar-refractivity contribution in [2.75, 3.05) is 39.3 Å². The highest BCUT2D eigenvalue weighted by Crippen LogP contribution is 2.22. The predicted molar refractivity (Wildman–Crippen MR) is 129 cm³/mol. The number of benzene rings is 2. The highest BCUT2D eigenvalue weighted by Gasteiger charge is 2.16. The molecule has 0 bridgehead atoms. The molecule has 2 aromatic carbocycles. The van der Waals surface area contributed by atoms with Crippen LogP contribution in [0.3, 0.4) is 0 Å². The molecule has 0 unspecified atom stereocenters. The highest BCUT2D eigenvalue weighted by molar-refractivity contribution is 5.64. The molecule has 0 saturated carbocycles. The fourth-order valence-corrected chi connectivity index (χ4v) is 4.87. The van der Waals surface area contributed by atoms with Gasteiger partial charge < -0.3 is 9.80 Å². The highest BCUT2D eigenvalue weighted by atomic mass is 15.1. The minimum absolute atomic E-state index is 0.917. The second-order valence-electron chi connectivity index (χ2n) is 9.94. The summed E-state index contributed by atoms with van der Waals surface area (Å²) in [7, 11) is 0. The molecule has 0 amide bonds. The monoisotopic (exact) mass is 404 g/mol. The van der Waals surface area contributed by atoms with Gasteiger partial charge in [0.25, 0.3) is 0 Å². The predicted octanol–water partition coefficient (Wildman–Crippen LogP) is 5.90. The van der Waals surface area contributed by atoms with Crippen LogP contribution in [0.15, 0.2) is 48.5 Å². The summed E-state index contributed by atoms with van der Waals surface area (Å²) in [6.45, 7) is 12.3. The van der Waals surface area contributed by atoms with Crippen molar-refractivity contribution in [3.05, 3.63) is 59.7 Å². The molecule has 2 saturated heterocycles. The Hall–Kier alpha value is -1.64. The third kappa shape index (κ3) is 6.18. The van der Waals surface area contributed by atoms with Crippen LogP contribution in [-0.4, -0.2) is 49.1 Å². The van der Waals surface area contributed by atoms with Gasteiger partial charge in [-0.2, -0.15) is 0 Å². The van der Waals surface area contributed by atoms with Gasteiger partial charge in [-0.15, -0.1) is 0 Å². The SMILES string of the molecule is CC1CCN(CCc2ccc(-c3ccc(CCN4CCC(C)CC4)cc3)cc2)CC1. The van der Waals surface area contributed by atoms with E-state index >= 15 is 0 Å². The van der Waals surface area contributed by atoms with E-state index in [0.29, 0.717) is 0 Å². The lowest BCUT2D eigenvalue weighted by molar-refractivity contribution is 0.194. The van der Waals surface area contributed by atoms with Crippen LogP contribution in [0.1, 0.15) is 50.7 Å². The summed E-state index contributed by atoms with van der Waals surface area (Å²) in [5, 5.41) is 0. The van der Waals surface area contributed by atoms with E-state index < -0.39 is 0 Å². The molecule has 2 fully saturated rings. The molecule has 0 N–H and O–H groups in total. The first kappa shape index (κ1) is 21.6. The summed E-state index contributed by atoms with van der Waals surface area (Å²) < 4.78 is 0. The van der Waals surface area contributed by atoms with Crippen LogP contribution in [0.2, 0.25) is 0 Å². The Kier molecular flexibility index (Phi) is 7.62. The molecule has 0 atom stereocenters. The first-order valence-electron chi connectivity index (χ1n) is 12.3. The summed E-state index contributed by atoms with van der Waals surface area (Å²) in [6, 6.07) is 18.5. The molecule has 2 aromatic rings. The van der Waals surface area contributed by atoms with Gasteiger partial charge in [0.05, 0.1) is 0 Å². The van der Waals surface area contributed by atoms with Gasteiger partial charge in [-0.05, 0) is 98.8 Å². The van der Waals surface area contributed by atoms with Crippen LogP contribution in [-0.2, 0) is 12.8 Å². The normalized spacial score (nSPS) is 19.9. The molecule has 0 aliphatic carbocycles. The summed E-state index contributed by atoms with van der Waals surface area (Å²) in [5.41, 5.74) is 5.60. The van der Waals surface area contributed by atoms with Crippen molar-refractivity contribution in [3.8, 4) is 11.1 Å². The molecule has 2 heteroatoms. The van der Waals surface area contributed by atoms with Gasteiger partial charge in [0.2, 0.25) is 0 Å². The maximum Gasteiger partial charge on any atom is 0.00218 e. The van der Waals surface area contributed by atoms with Crippen LogP contribution in [0.25, 0.3) is 11.1 Å². The average molecular weight is 405 g/mol. The van der Waals surface area contributed by atoms with Crippen molar-refractivity contribution in [1.29, 1.82) is 0 Å². The molecular weight excluding hydrogens is 364 g/mol. The Morgan fingerprint density at radius 2 is 0.900 bits per heavy atom. The van der Waals surface area contributed by atoms with Gasteiger partial charge >= 0.3 is 0 Å². The minimum atomic E-state index is 0.917. The Bertz CT molecular complexity index is 681. The second-order valence-corrected chi connectivity index (χ2v) is 9.94. The fraction of sp³-hybridized carbons (Fsp3) is 0.571. The molecule has 162 valence electrons. The van der Waals surface area contributed by atoms with Crippen molar-refractivity contribution < 1.29 is 0 Å². The number of nitrogens with zero attached hydrogens (tertiary/aromatic N) is 2. The lowest BCUT2D eigenvalue weighted by atomic mass is 9.98. The Labute approximate surface area is 184 Å². The van der Waals surface area contributed by atoms with E-state index in [9.17, 15) is 0 Å². The largest absolute Gasteiger partial charge is 0.303 e. The minimum Gasteiger partial charge on any atom is -0.303 e. The summed E-state index contributed by atoms with van der Waals surface area (Å²) >= 11 is 0. The van der Waals surface area contributed by atoms with E-state index in [0.717, 1.165) is 11.8 Å². The third-order valence-corrected chi connectivity index (χ3v) is 7.43. The van der Waals surface area contributed by atoms with Crippen LogP contribution < -0.4 is 0 Å².